The molecule has 5 nitrogen and oxygen atoms in total. The maximum atomic E-state index is 12.4. The van der Waals surface area contributed by atoms with E-state index in [0.717, 1.165) is 18.5 Å². The van der Waals surface area contributed by atoms with Crippen molar-refractivity contribution in [1.82, 2.24) is 4.90 Å². The number of likely N-dealkylation sites (tertiary alicyclic amines) is 1. The number of nitrogens with zero attached hydrogens (tertiary/aromatic N) is 2. The third kappa shape index (κ3) is 2.05. The van der Waals surface area contributed by atoms with Crippen LogP contribution in [0.1, 0.15) is 12.0 Å². The fraction of sp³-hybridized carbons (Fsp3) is 0.429. The van der Waals surface area contributed by atoms with Crippen LogP contribution in [0, 0.1) is 5.92 Å². The zero-order valence-electron chi connectivity index (χ0n) is 10.6. The molecular formula is C14H16N2O3. The summed E-state index contributed by atoms with van der Waals surface area (Å²) in [6.07, 6.45) is 1.96. The lowest BCUT2D eigenvalue weighted by Gasteiger charge is -2.41. The molecule has 0 bridgehead atoms. The zero-order valence-corrected chi connectivity index (χ0v) is 10.6. The number of carbonyl (C=O) groups excluding carboxylic acids is 1. The smallest absolute Gasteiger partial charge is 0.324 e. The summed E-state index contributed by atoms with van der Waals surface area (Å²) in [5.74, 6) is -1.22. The Kier molecular flexibility index (Phi) is 2.89. The number of hydrogen-bond donors (Lipinski definition) is 1. The molecule has 2 amide bonds. The van der Waals surface area contributed by atoms with Crippen LogP contribution >= 0.6 is 0 Å². The highest BCUT2D eigenvalue weighted by Crippen LogP contribution is 2.29. The SMILES string of the molecule is O=C(O)C1CN(C(=O)N2CCCc3ccccc32)C1. The molecule has 2 heterocycles. The van der Waals surface area contributed by atoms with Gasteiger partial charge in [-0.05, 0) is 24.5 Å². The van der Waals surface area contributed by atoms with Gasteiger partial charge in [0.1, 0.15) is 0 Å². The van der Waals surface area contributed by atoms with Gasteiger partial charge in [0.15, 0.2) is 0 Å². The van der Waals surface area contributed by atoms with Gasteiger partial charge in [-0.1, -0.05) is 18.2 Å². The van der Waals surface area contributed by atoms with Crippen LogP contribution in [0.5, 0.6) is 0 Å². The number of para-hydroxylation sites is 1. The first-order valence-electron chi connectivity index (χ1n) is 6.54. The minimum atomic E-state index is -0.817. The second-order valence-corrected chi connectivity index (χ2v) is 5.11. The van der Waals surface area contributed by atoms with E-state index in [0.29, 0.717) is 19.6 Å². The van der Waals surface area contributed by atoms with Crippen molar-refractivity contribution < 1.29 is 14.7 Å². The molecule has 0 radical (unpaired) electrons. The first kappa shape index (κ1) is 12.0. The number of anilines is 1. The molecule has 0 saturated carbocycles. The zero-order chi connectivity index (χ0) is 13.4. The number of hydrogen-bond acceptors (Lipinski definition) is 2. The summed E-state index contributed by atoms with van der Waals surface area (Å²) < 4.78 is 0. The fourth-order valence-corrected chi connectivity index (χ4v) is 2.69. The average Bonchev–Trinajstić information content (AvgIpc) is 2.35. The highest BCUT2D eigenvalue weighted by Gasteiger charge is 2.38. The number of carbonyl (C=O) groups is 2. The average molecular weight is 260 g/mol. The van der Waals surface area contributed by atoms with Gasteiger partial charge in [0, 0.05) is 25.3 Å². The number of aliphatic carboxylic acids is 1. The predicted molar refractivity (Wildman–Crippen MR) is 70.2 cm³/mol. The van der Waals surface area contributed by atoms with E-state index in [1.54, 1.807) is 9.80 Å². The highest BCUT2D eigenvalue weighted by molar-refractivity contribution is 5.94. The van der Waals surface area contributed by atoms with E-state index >= 15 is 0 Å². The number of carboxylic acid groups (broad SMARTS) is 1. The van der Waals surface area contributed by atoms with Crippen molar-refractivity contribution in [2.45, 2.75) is 12.8 Å². The third-order valence-corrected chi connectivity index (χ3v) is 3.84. The Morgan fingerprint density at radius 1 is 1.21 bits per heavy atom. The lowest BCUT2D eigenvalue weighted by molar-refractivity contribution is -0.146. The minimum absolute atomic E-state index is 0.0651. The molecule has 2 aliphatic heterocycles. The quantitative estimate of drug-likeness (QED) is 0.833. The minimum Gasteiger partial charge on any atom is -0.481 e. The Hall–Kier alpha value is -2.04. The van der Waals surface area contributed by atoms with Crippen LogP contribution < -0.4 is 4.90 Å². The number of aryl methyl sites for hydroxylation is 1. The number of urea groups is 1. The van der Waals surface area contributed by atoms with Crippen LogP contribution in [-0.4, -0.2) is 41.6 Å². The third-order valence-electron chi connectivity index (χ3n) is 3.84. The van der Waals surface area contributed by atoms with E-state index in [4.69, 9.17) is 5.11 Å². The molecule has 0 unspecified atom stereocenters. The fourth-order valence-electron chi connectivity index (χ4n) is 2.69. The highest BCUT2D eigenvalue weighted by atomic mass is 16.4. The summed E-state index contributed by atoms with van der Waals surface area (Å²) in [6, 6.07) is 7.85. The van der Waals surface area contributed by atoms with Crippen LogP contribution in [0.3, 0.4) is 0 Å². The summed E-state index contributed by atoms with van der Waals surface area (Å²) in [5.41, 5.74) is 2.16. The molecule has 0 atom stereocenters. The van der Waals surface area contributed by atoms with Crippen molar-refractivity contribution in [3.8, 4) is 0 Å². The molecule has 5 heteroatoms. The Morgan fingerprint density at radius 3 is 2.68 bits per heavy atom. The van der Waals surface area contributed by atoms with E-state index in [1.807, 2.05) is 24.3 Å². The molecule has 1 N–H and O–H groups in total. The van der Waals surface area contributed by atoms with Crippen molar-refractivity contribution in [3.63, 3.8) is 0 Å². The monoisotopic (exact) mass is 260 g/mol. The topological polar surface area (TPSA) is 60.9 Å². The molecule has 0 spiro atoms. The van der Waals surface area contributed by atoms with Crippen molar-refractivity contribution in [3.05, 3.63) is 29.8 Å². The molecule has 1 saturated heterocycles. The van der Waals surface area contributed by atoms with E-state index < -0.39 is 11.9 Å². The summed E-state index contributed by atoms with van der Waals surface area (Å²) in [4.78, 5) is 26.5. The molecular weight excluding hydrogens is 244 g/mol. The molecule has 100 valence electrons. The number of benzene rings is 1. The van der Waals surface area contributed by atoms with Crippen LogP contribution in [0.2, 0.25) is 0 Å². The van der Waals surface area contributed by atoms with Crippen LogP contribution in [-0.2, 0) is 11.2 Å². The van der Waals surface area contributed by atoms with E-state index in [9.17, 15) is 9.59 Å². The van der Waals surface area contributed by atoms with Gasteiger partial charge in [-0.3, -0.25) is 9.69 Å². The molecule has 1 aromatic carbocycles. The molecule has 0 aromatic heterocycles. The Balaban J connectivity index is 1.74. The summed E-state index contributed by atoms with van der Waals surface area (Å²) in [6.45, 7) is 1.36. The van der Waals surface area contributed by atoms with Gasteiger partial charge in [0.2, 0.25) is 0 Å². The summed E-state index contributed by atoms with van der Waals surface area (Å²) in [7, 11) is 0. The van der Waals surface area contributed by atoms with E-state index in [-0.39, 0.29) is 6.03 Å². The molecule has 1 aromatic rings. The Bertz CT molecular complexity index is 523. The van der Waals surface area contributed by atoms with Gasteiger partial charge in [-0.2, -0.15) is 0 Å². The largest absolute Gasteiger partial charge is 0.481 e. The molecule has 19 heavy (non-hydrogen) atoms. The molecule has 3 rings (SSSR count). The van der Waals surface area contributed by atoms with Crippen LogP contribution in [0.25, 0.3) is 0 Å². The number of rotatable bonds is 1. The molecule has 0 aliphatic carbocycles. The molecule has 1 fully saturated rings. The first-order chi connectivity index (χ1) is 9.16. The van der Waals surface area contributed by atoms with Crippen molar-refractivity contribution in [2.75, 3.05) is 24.5 Å². The van der Waals surface area contributed by atoms with Gasteiger partial charge in [0.05, 0.1) is 5.92 Å². The second-order valence-electron chi connectivity index (χ2n) is 5.11. The summed E-state index contributed by atoms with van der Waals surface area (Å²) >= 11 is 0. The van der Waals surface area contributed by atoms with Gasteiger partial charge in [0.25, 0.3) is 0 Å². The summed E-state index contributed by atoms with van der Waals surface area (Å²) in [5, 5.41) is 8.85. The van der Waals surface area contributed by atoms with Gasteiger partial charge in [-0.25, -0.2) is 4.79 Å². The van der Waals surface area contributed by atoms with E-state index in [2.05, 4.69) is 0 Å². The first-order valence-corrected chi connectivity index (χ1v) is 6.54. The normalized spacial score (nSPS) is 18.7. The predicted octanol–water partition coefficient (Wildman–Crippen LogP) is 1.58. The van der Waals surface area contributed by atoms with Crippen LogP contribution in [0.4, 0.5) is 10.5 Å². The van der Waals surface area contributed by atoms with Crippen molar-refractivity contribution in [2.24, 2.45) is 5.92 Å². The van der Waals surface area contributed by atoms with Crippen LogP contribution in [0.15, 0.2) is 24.3 Å². The van der Waals surface area contributed by atoms with Gasteiger partial charge >= 0.3 is 12.0 Å². The maximum absolute atomic E-state index is 12.4. The number of amides is 2. The second kappa shape index (κ2) is 4.57. The lowest BCUT2D eigenvalue weighted by atomic mass is 9.99. The lowest BCUT2D eigenvalue weighted by Crippen LogP contribution is -2.57. The number of fused-ring (bicyclic) bond motifs is 1. The van der Waals surface area contributed by atoms with Gasteiger partial charge < -0.3 is 10.0 Å². The standard InChI is InChI=1S/C14H16N2O3/c17-13(18)11-8-15(9-11)14(19)16-7-3-5-10-4-1-2-6-12(10)16/h1-2,4,6,11H,3,5,7-9H2,(H,17,18). The van der Waals surface area contributed by atoms with Crippen molar-refractivity contribution in [1.29, 1.82) is 0 Å². The Labute approximate surface area is 111 Å². The maximum Gasteiger partial charge on any atom is 0.324 e. The Morgan fingerprint density at radius 2 is 1.95 bits per heavy atom. The van der Waals surface area contributed by atoms with E-state index in [1.165, 1.54) is 5.56 Å². The number of carboxylic acids is 1. The van der Waals surface area contributed by atoms with Crippen molar-refractivity contribution >= 4 is 17.7 Å². The molecule has 2 aliphatic rings. The van der Waals surface area contributed by atoms with Gasteiger partial charge in [-0.15, -0.1) is 0 Å².